The molecule has 1 atom stereocenters. The van der Waals surface area contributed by atoms with Crippen LogP contribution in [-0.2, 0) is 9.59 Å². The lowest BCUT2D eigenvalue weighted by Gasteiger charge is -2.18. The second-order valence-electron chi connectivity index (χ2n) is 8.78. The van der Waals surface area contributed by atoms with Crippen LogP contribution < -0.4 is 10.6 Å². The molecule has 0 bridgehead atoms. The van der Waals surface area contributed by atoms with Crippen LogP contribution in [0, 0.1) is 13.8 Å². The molecule has 2 aliphatic heterocycles. The first kappa shape index (κ1) is 24.5. The number of β-amino-alcohol motifs (C(OH)–C–C–N with tert-alkyl or cyclic N) is 1. The van der Waals surface area contributed by atoms with E-state index in [1.807, 2.05) is 0 Å². The summed E-state index contributed by atoms with van der Waals surface area (Å²) in [7, 11) is 1.50. The predicted octanol–water partition coefficient (Wildman–Crippen LogP) is 2.15. The minimum absolute atomic E-state index is 0.0357. The zero-order chi connectivity index (χ0) is 25.6. The fourth-order valence-electron chi connectivity index (χ4n) is 4.53. The summed E-state index contributed by atoms with van der Waals surface area (Å²) in [5.74, 6) is -1.07. The number of nitrogens with one attached hydrogen (secondary N) is 3. The van der Waals surface area contributed by atoms with E-state index >= 15 is 0 Å². The Morgan fingerprint density at radius 3 is 2.63 bits per heavy atom. The van der Waals surface area contributed by atoms with Gasteiger partial charge in [-0.25, -0.2) is 4.79 Å². The van der Waals surface area contributed by atoms with Gasteiger partial charge in [0.2, 0.25) is 5.91 Å². The molecule has 4 rings (SSSR count). The van der Waals surface area contributed by atoms with Crippen molar-refractivity contribution in [2.45, 2.75) is 26.9 Å². The number of aliphatic hydroxyl groups excluding tert-OH is 1. The molecule has 1 aromatic heterocycles. The number of aromatic nitrogens is 1. The number of anilines is 1. The molecule has 11 heteroatoms. The van der Waals surface area contributed by atoms with Crippen molar-refractivity contribution in [1.29, 1.82) is 0 Å². The number of carbonyl (C=O) groups excluding carboxylic acids is 4. The Kier molecular flexibility index (Phi) is 6.44. The highest BCUT2D eigenvalue weighted by Gasteiger charge is 2.35. The Labute approximate surface area is 206 Å². The maximum Gasteiger partial charge on any atom is 0.327 e. The van der Waals surface area contributed by atoms with Crippen LogP contribution in [-0.4, -0.2) is 76.4 Å². The third-order valence-corrected chi connectivity index (χ3v) is 6.50. The van der Waals surface area contributed by atoms with Crippen LogP contribution in [0.5, 0.6) is 0 Å². The molecule has 1 fully saturated rings. The van der Waals surface area contributed by atoms with Gasteiger partial charge in [-0.05, 0) is 50.1 Å². The van der Waals surface area contributed by atoms with Gasteiger partial charge in [-0.2, -0.15) is 0 Å². The molecular formula is C24H26ClN5O5. The van der Waals surface area contributed by atoms with Gasteiger partial charge >= 0.3 is 6.03 Å². The molecule has 1 saturated heterocycles. The van der Waals surface area contributed by atoms with Crippen molar-refractivity contribution in [2.24, 2.45) is 0 Å². The van der Waals surface area contributed by atoms with Gasteiger partial charge < -0.3 is 25.6 Å². The summed E-state index contributed by atoms with van der Waals surface area (Å²) >= 11 is 6.14. The minimum atomic E-state index is -1.12. The molecule has 0 spiro atoms. The smallest absolute Gasteiger partial charge is 0.327 e. The standard InChI is InChI=1S/C24H26ClN5O5/c1-11-19(22(33)26-8-15(31)9-30-18(32)10-29(4)24(30)35)13(3)27-21(11)12(2)20-16-7-14(25)5-6-17(16)28-23(20)34/h5-7,15,27,31H,8-10H2,1-4H3,(H,26,33)(H,28,34)/b20-12-. The highest BCUT2D eigenvalue weighted by molar-refractivity contribution is 6.38. The number of benzene rings is 1. The average molecular weight is 500 g/mol. The van der Waals surface area contributed by atoms with Gasteiger partial charge in [0.05, 0.1) is 23.8 Å². The van der Waals surface area contributed by atoms with Crippen molar-refractivity contribution in [2.75, 3.05) is 32.0 Å². The van der Waals surface area contributed by atoms with Gasteiger partial charge in [0.25, 0.3) is 11.8 Å². The monoisotopic (exact) mass is 499 g/mol. The number of nitrogens with zero attached hydrogens (tertiary/aromatic N) is 2. The number of urea groups is 1. The van der Waals surface area contributed by atoms with Crippen molar-refractivity contribution < 1.29 is 24.3 Å². The van der Waals surface area contributed by atoms with Crippen molar-refractivity contribution in [1.82, 2.24) is 20.1 Å². The number of rotatable bonds is 6. The highest BCUT2D eigenvalue weighted by atomic mass is 35.5. The number of aliphatic hydroxyl groups is 1. The van der Waals surface area contributed by atoms with E-state index in [2.05, 4.69) is 15.6 Å². The van der Waals surface area contributed by atoms with Crippen LogP contribution in [0.25, 0.3) is 11.1 Å². The number of carbonyl (C=O) groups is 4. The molecule has 1 aromatic carbocycles. The number of hydrogen-bond acceptors (Lipinski definition) is 5. The molecule has 4 N–H and O–H groups in total. The van der Waals surface area contributed by atoms with Crippen LogP contribution in [0.4, 0.5) is 10.5 Å². The topological polar surface area (TPSA) is 135 Å². The number of amides is 5. The molecular weight excluding hydrogens is 474 g/mol. The third-order valence-electron chi connectivity index (χ3n) is 6.26. The normalized spacial score (nSPS) is 17.6. The molecule has 5 amide bonds. The molecule has 35 heavy (non-hydrogen) atoms. The van der Waals surface area contributed by atoms with E-state index < -0.39 is 23.9 Å². The van der Waals surface area contributed by atoms with E-state index in [1.54, 1.807) is 39.0 Å². The number of hydrogen-bond donors (Lipinski definition) is 4. The number of aryl methyl sites for hydroxylation is 1. The molecule has 0 aliphatic carbocycles. The number of fused-ring (bicyclic) bond motifs is 1. The maximum absolute atomic E-state index is 13.0. The summed E-state index contributed by atoms with van der Waals surface area (Å²) in [4.78, 5) is 55.0. The maximum atomic E-state index is 13.0. The van der Waals surface area contributed by atoms with Gasteiger partial charge in [0.15, 0.2) is 0 Å². The van der Waals surface area contributed by atoms with Crippen molar-refractivity contribution in [3.8, 4) is 0 Å². The van der Waals surface area contributed by atoms with Crippen LogP contribution in [0.2, 0.25) is 5.02 Å². The van der Waals surface area contributed by atoms with Crippen LogP contribution in [0.3, 0.4) is 0 Å². The van der Waals surface area contributed by atoms with Gasteiger partial charge in [0.1, 0.15) is 6.54 Å². The Bertz CT molecular complexity index is 1300. The van der Waals surface area contributed by atoms with E-state index in [1.165, 1.54) is 11.9 Å². The molecule has 2 aliphatic rings. The lowest BCUT2D eigenvalue weighted by Crippen LogP contribution is -2.43. The molecule has 0 radical (unpaired) electrons. The molecule has 0 saturated carbocycles. The minimum Gasteiger partial charge on any atom is -0.389 e. The summed E-state index contributed by atoms with van der Waals surface area (Å²) in [6.07, 6.45) is -1.12. The number of allylic oxidation sites excluding steroid dienone is 1. The third kappa shape index (κ3) is 4.42. The van der Waals surface area contributed by atoms with E-state index in [0.717, 1.165) is 4.90 Å². The quantitative estimate of drug-likeness (QED) is 0.357. The summed E-state index contributed by atoms with van der Waals surface area (Å²) in [6.45, 7) is 4.93. The van der Waals surface area contributed by atoms with Crippen LogP contribution >= 0.6 is 11.6 Å². The van der Waals surface area contributed by atoms with E-state index in [0.29, 0.717) is 49.9 Å². The second kappa shape index (κ2) is 9.20. The highest BCUT2D eigenvalue weighted by Crippen LogP contribution is 2.39. The summed E-state index contributed by atoms with van der Waals surface area (Å²) in [6, 6.07) is 4.69. The van der Waals surface area contributed by atoms with Gasteiger partial charge in [-0.3, -0.25) is 19.3 Å². The molecule has 3 heterocycles. The Hall–Kier alpha value is -3.63. The molecule has 1 unspecified atom stereocenters. The first-order chi connectivity index (χ1) is 16.5. The number of imide groups is 1. The molecule has 2 aromatic rings. The lowest BCUT2D eigenvalue weighted by molar-refractivity contribution is -0.126. The van der Waals surface area contributed by atoms with Crippen LogP contribution in [0.15, 0.2) is 18.2 Å². The Morgan fingerprint density at radius 2 is 1.97 bits per heavy atom. The second-order valence-corrected chi connectivity index (χ2v) is 9.21. The Balaban J connectivity index is 1.52. The van der Waals surface area contributed by atoms with E-state index in [4.69, 9.17) is 11.6 Å². The zero-order valence-electron chi connectivity index (χ0n) is 19.8. The summed E-state index contributed by atoms with van der Waals surface area (Å²) < 4.78 is 0. The number of likely N-dealkylation sites (N-methyl/N-ethyl adjacent to an activating group) is 1. The van der Waals surface area contributed by atoms with Crippen LogP contribution in [0.1, 0.15) is 39.8 Å². The lowest BCUT2D eigenvalue weighted by atomic mass is 9.97. The van der Waals surface area contributed by atoms with E-state index in [-0.39, 0.29) is 25.5 Å². The SMILES string of the molecule is C/C(=C1/C(=O)Nc2ccc(Cl)cc21)c1[nH]c(C)c(C(=O)NCC(O)CN2C(=O)CN(C)C2=O)c1C. The van der Waals surface area contributed by atoms with Crippen molar-refractivity contribution in [3.05, 3.63) is 51.3 Å². The van der Waals surface area contributed by atoms with Gasteiger partial charge in [-0.15, -0.1) is 0 Å². The average Bonchev–Trinajstić information content (AvgIpc) is 3.36. The first-order valence-corrected chi connectivity index (χ1v) is 11.4. The largest absolute Gasteiger partial charge is 0.389 e. The summed E-state index contributed by atoms with van der Waals surface area (Å²) in [5, 5.41) is 16.3. The summed E-state index contributed by atoms with van der Waals surface area (Å²) in [5.41, 5.74) is 4.78. The van der Waals surface area contributed by atoms with Crippen molar-refractivity contribution >= 4 is 52.2 Å². The van der Waals surface area contributed by atoms with Gasteiger partial charge in [-0.1, -0.05) is 11.6 Å². The molecule has 10 nitrogen and oxygen atoms in total. The predicted molar refractivity (Wildman–Crippen MR) is 131 cm³/mol. The van der Waals surface area contributed by atoms with Crippen molar-refractivity contribution in [3.63, 3.8) is 0 Å². The number of halogens is 1. The van der Waals surface area contributed by atoms with Gasteiger partial charge in [0, 0.05) is 41.3 Å². The Morgan fingerprint density at radius 1 is 1.26 bits per heavy atom. The fraction of sp³-hybridized carbons (Fsp3) is 0.333. The first-order valence-electron chi connectivity index (χ1n) is 11.0. The molecule has 184 valence electrons. The zero-order valence-corrected chi connectivity index (χ0v) is 20.5. The number of H-pyrrole nitrogens is 1. The number of aromatic amines is 1. The fourth-order valence-corrected chi connectivity index (χ4v) is 4.70. The van der Waals surface area contributed by atoms with E-state index in [9.17, 15) is 24.3 Å².